The Balaban J connectivity index is 1.66. The molecule has 7 nitrogen and oxygen atoms in total. The fourth-order valence-electron chi connectivity index (χ4n) is 4.82. The molecule has 3 aliphatic heterocycles. The Hall–Kier alpha value is -3.72. The van der Waals surface area contributed by atoms with Gasteiger partial charge in [-0.25, -0.2) is 9.69 Å². The minimum absolute atomic E-state index is 0.152. The van der Waals surface area contributed by atoms with Gasteiger partial charge in [0.2, 0.25) is 0 Å². The number of hydrogen-bond acceptors (Lipinski definition) is 4. The summed E-state index contributed by atoms with van der Waals surface area (Å²) in [6.07, 6.45) is -12.8. The molecule has 0 radical (unpaired) electrons. The Morgan fingerprint density at radius 2 is 1.51 bits per heavy atom. The van der Waals surface area contributed by atoms with Crippen LogP contribution in [0.15, 0.2) is 18.2 Å². The normalized spacial score (nSPS) is 24.0. The van der Waals surface area contributed by atoms with Crippen LogP contribution in [-0.4, -0.2) is 76.3 Å². The average Bonchev–Trinajstić information content (AvgIpc) is 3.47. The summed E-state index contributed by atoms with van der Waals surface area (Å²) in [6, 6.07) is -3.64. The first kappa shape index (κ1) is 28.3. The molecule has 3 heterocycles. The van der Waals surface area contributed by atoms with Crippen LogP contribution in [0.2, 0.25) is 0 Å². The van der Waals surface area contributed by atoms with Gasteiger partial charge in [-0.2, -0.15) is 57.9 Å². The highest BCUT2D eigenvalue weighted by Crippen LogP contribution is 2.54. The number of nitrogens with zero attached hydrogens (tertiary/aromatic N) is 4. The van der Waals surface area contributed by atoms with Crippen molar-refractivity contribution in [1.82, 2.24) is 9.80 Å². The van der Waals surface area contributed by atoms with Crippen molar-refractivity contribution < 1.29 is 67.1 Å². The van der Waals surface area contributed by atoms with Gasteiger partial charge < -0.3 is 9.80 Å². The van der Waals surface area contributed by atoms with Crippen molar-refractivity contribution in [3.05, 3.63) is 29.3 Å². The number of carbonyl (C=O) groups is 3. The summed E-state index contributed by atoms with van der Waals surface area (Å²) >= 11 is 0. The van der Waals surface area contributed by atoms with E-state index in [2.05, 4.69) is 0 Å². The minimum atomic E-state index is -7.34. The standard InChI is InChI=1S/C20H10F12N4O3/c21-16(22,18(26,27)19(28,29)20(30,31)32)14(38)34-6-9-4-11(34)12-13(37)36(15(39)35(9)12)8-2-1-7(5-33)10(3-8)17(23,24)25/h1-3,9,11-12H,4,6H2/t9-,11-,12-/m0/s1. The van der Waals surface area contributed by atoms with Crippen molar-refractivity contribution in [1.29, 1.82) is 5.26 Å². The molecule has 3 saturated heterocycles. The van der Waals surface area contributed by atoms with E-state index >= 15 is 0 Å². The van der Waals surface area contributed by atoms with Crippen LogP contribution >= 0.6 is 0 Å². The van der Waals surface area contributed by atoms with E-state index in [4.69, 9.17) is 5.26 Å². The highest BCUT2D eigenvalue weighted by atomic mass is 19.4. The van der Waals surface area contributed by atoms with Crippen molar-refractivity contribution in [2.24, 2.45) is 0 Å². The molecule has 3 fully saturated rings. The van der Waals surface area contributed by atoms with Gasteiger partial charge in [0.25, 0.3) is 11.8 Å². The lowest BCUT2D eigenvalue weighted by atomic mass is 10.0. The van der Waals surface area contributed by atoms with Crippen LogP contribution in [0.5, 0.6) is 0 Å². The number of benzene rings is 1. The van der Waals surface area contributed by atoms with Crippen LogP contribution in [0.1, 0.15) is 17.5 Å². The van der Waals surface area contributed by atoms with E-state index in [1.807, 2.05) is 0 Å². The summed E-state index contributed by atoms with van der Waals surface area (Å²) in [7, 11) is 0. The molecule has 4 amide bonds. The smallest absolute Gasteiger partial charge is 0.330 e. The van der Waals surface area contributed by atoms with Crippen molar-refractivity contribution in [2.75, 3.05) is 11.4 Å². The molecular formula is C20H10F12N4O3. The predicted octanol–water partition coefficient (Wildman–Crippen LogP) is 4.17. The third-order valence-electron chi connectivity index (χ3n) is 6.63. The molecule has 39 heavy (non-hydrogen) atoms. The Labute approximate surface area is 208 Å². The molecule has 1 aromatic carbocycles. The topological polar surface area (TPSA) is 84.7 Å². The molecule has 0 unspecified atom stereocenters. The molecule has 4 rings (SSSR count). The van der Waals surface area contributed by atoms with Crippen molar-refractivity contribution in [3.63, 3.8) is 0 Å². The Bertz CT molecular complexity index is 1300. The number of rotatable bonds is 4. The van der Waals surface area contributed by atoms with E-state index in [0.29, 0.717) is 11.0 Å². The Kier molecular flexibility index (Phi) is 5.91. The van der Waals surface area contributed by atoms with E-state index in [9.17, 15) is 67.1 Å². The lowest BCUT2D eigenvalue weighted by molar-refractivity contribution is -0.389. The summed E-state index contributed by atoms with van der Waals surface area (Å²) in [6.45, 7) is -1.07. The molecule has 2 bridgehead atoms. The van der Waals surface area contributed by atoms with Gasteiger partial charge >= 0.3 is 36.2 Å². The average molecular weight is 582 g/mol. The van der Waals surface area contributed by atoms with Gasteiger partial charge in [-0.3, -0.25) is 9.59 Å². The van der Waals surface area contributed by atoms with Crippen LogP contribution in [0.25, 0.3) is 0 Å². The number of piperazine rings is 1. The Morgan fingerprint density at radius 3 is 2.03 bits per heavy atom. The third-order valence-corrected chi connectivity index (χ3v) is 6.63. The molecule has 3 atom stereocenters. The fraction of sp³-hybridized carbons (Fsp3) is 0.500. The highest BCUT2D eigenvalue weighted by Gasteiger charge is 2.84. The van der Waals surface area contributed by atoms with Gasteiger partial charge in [-0.15, -0.1) is 0 Å². The van der Waals surface area contributed by atoms with Gasteiger partial charge in [0.1, 0.15) is 6.04 Å². The second-order valence-corrected chi connectivity index (χ2v) is 8.78. The number of amides is 4. The highest BCUT2D eigenvalue weighted by molar-refractivity contribution is 6.22. The lowest BCUT2D eigenvalue weighted by Crippen LogP contribution is -2.67. The summed E-state index contributed by atoms with van der Waals surface area (Å²) < 4.78 is 160. The van der Waals surface area contributed by atoms with Crippen molar-refractivity contribution in [3.8, 4) is 6.07 Å². The van der Waals surface area contributed by atoms with Gasteiger partial charge in [-0.05, 0) is 24.6 Å². The molecule has 212 valence electrons. The van der Waals surface area contributed by atoms with E-state index in [1.54, 1.807) is 0 Å². The van der Waals surface area contributed by atoms with Gasteiger partial charge in [0, 0.05) is 6.54 Å². The number of imide groups is 1. The number of likely N-dealkylation sites (tertiary alicyclic amines) is 1. The van der Waals surface area contributed by atoms with Crippen LogP contribution in [0.3, 0.4) is 0 Å². The second-order valence-electron chi connectivity index (χ2n) is 8.78. The molecule has 0 spiro atoms. The number of hydrogen-bond donors (Lipinski definition) is 0. The van der Waals surface area contributed by atoms with Gasteiger partial charge in [0.05, 0.1) is 35.0 Å². The van der Waals surface area contributed by atoms with E-state index in [-0.39, 0.29) is 15.9 Å². The van der Waals surface area contributed by atoms with Crippen LogP contribution in [0, 0.1) is 11.3 Å². The van der Waals surface area contributed by atoms with Gasteiger partial charge in [-0.1, -0.05) is 0 Å². The SMILES string of the molecule is N#Cc1ccc(N2C(=O)[C@@H]3[C@@H]4C[C@@H](CN4C(=O)C(F)(F)C(F)(F)C(F)(F)C(F)(F)F)N3C2=O)cc1C(F)(F)F. The number of halogens is 12. The van der Waals surface area contributed by atoms with E-state index in [1.165, 1.54) is 6.07 Å². The van der Waals surface area contributed by atoms with Crippen LogP contribution in [-0.2, 0) is 15.8 Å². The summed E-state index contributed by atoms with van der Waals surface area (Å²) in [5, 5.41) is 8.88. The number of alkyl halides is 12. The first-order chi connectivity index (χ1) is 17.6. The van der Waals surface area contributed by atoms with Crippen molar-refractivity contribution in [2.45, 2.75) is 54.7 Å². The molecule has 19 heteroatoms. The molecular weight excluding hydrogens is 572 g/mol. The first-order valence-electron chi connectivity index (χ1n) is 10.4. The molecule has 0 aromatic heterocycles. The maximum absolute atomic E-state index is 14.3. The van der Waals surface area contributed by atoms with Crippen LogP contribution < -0.4 is 4.90 Å². The fourth-order valence-corrected chi connectivity index (χ4v) is 4.82. The summed E-state index contributed by atoms with van der Waals surface area (Å²) in [5.41, 5.74) is -3.17. The molecule has 1 aromatic rings. The summed E-state index contributed by atoms with van der Waals surface area (Å²) in [4.78, 5) is 38.7. The number of carbonyl (C=O) groups excluding carboxylic acids is 3. The monoisotopic (exact) mass is 582 g/mol. The van der Waals surface area contributed by atoms with E-state index in [0.717, 1.165) is 6.07 Å². The quantitative estimate of drug-likeness (QED) is 0.395. The molecule has 0 aliphatic carbocycles. The molecule has 0 saturated carbocycles. The van der Waals surface area contributed by atoms with E-state index < -0.39 is 95.9 Å². The zero-order valence-corrected chi connectivity index (χ0v) is 18.4. The molecule has 3 aliphatic rings. The largest absolute Gasteiger partial charge is 0.460 e. The minimum Gasteiger partial charge on any atom is -0.330 e. The first-order valence-corrected chi connectivity index (χ1v) is 10.4. The van der Waals surface area contributed by atoms with Crippen LogP contribution in [0.4, 0.5) is 63.2 Å². The lowest BCUT2D eigenvalue weighted by Gasteiger charge is -2.39. The second kappa shape index (κ2) is 8.14. The molecule has 0 N–H and O–H groups in total. The number of urea groups is 1. The Morgan fingerprint density at radius 1 is 0.923 bits per heavy atom. The number of nitriles is 1. The summed E-state index contributed by atoms with van der Waals surface area (Å²) in [5.74, 6) is -25.8. The number of anilines is 1. The third kappa shape index (κ3) is 3.70. The zero-order valence-electron chi connectivity index (χ0n) is 18.4. The number of fused-ring (bicyclic) bond motifs is 5. The maximum Gasteiger partial charge on any atom is 0.460 e. The maximum atomic E-state index is 14.3. The van der Waals surface area contributed by atoms with Gasteiger partial charge in [0.15, 0.2) is 0 Å². The predicted molar refractivity (Wildman–Crippen MR) is 99.5 cm³/mol. The van der Waals surface area contributed by atoms with Crippen molar-refractivity contribution >= 4 is 23.5 Å². The zero-order chi connectivity index (χ0) is 29.7.